The summed E-state index contributed by atoms with van der Waals surface area (Å²) in [6, 6.07) is 9.92. The first-order valence-corrected chi connectivity index (χ1v) is 8.14. The number of ketones is 1. The summed E-state index contributed by atoms with van der Waals surface area (Å²) in [7, 11) is 0. The molecule has 0 aliphatic heterocycles. The summed E-state index contributed by atoms with van der Waals surface area (Å²) in [6.07, 6.45) is 2.36. The van der Waals surface area contributed by atoms with Crippen LogP contribution in [0.2, 0.25) is 0 Å². The van der Waals surface area contributed by atoms with Crippen molar-refractivity contribution >= 4 is 23.5 Å². The van der Waals surface area contributed by atoms with Gasteiger partial charge in [0.1, 0.15) is 5.82 Å². The maximum atomic E-state index is 13.8. The summed E-state index contributed by atoms with van der Waals surface area (Å²) >= 11 is 1.11. The molecule has 120 valence electrons. The third kappa shape index (κ3) is 5.49. The lowest BCUT2D eigenvalue weighted by atomic mass is 10.1. The molecule has 0 unspecified atom stereocenters. The van der Waals surface area contributed by atoms with E-state index in [1.165, 1.54) is 19.1 Å². The van der Waals surface area contributed by atoms with Crippen LogP contribution < -0.4 is 5.32 Å². The van der Waals surface area contributed by atoms with Crippen LogP contribution in [0.25, 0.3) is 0 Å². The van der Waals surface area contributed by atoms with Crippen LogP contribution in [-0.4, -0.2) is 29.0 Å². The number of hydrogen-bond acceptors (Lipinski definition) is 4. The van der Waals surface area contributed by atoms with Gasteiger partial charge in [0.15, 0.2) is 5.78 Å². The largest absolute Gasteiger partial charge is 0.355 e. The number of carbonyl (C=O) groups is 2. The number of pyridine rings is 1. The van der Waals surface area contributed by atoms with Crippen molar-refractivity contribution in [2.75, 3.05) is 12.3 Å². The maximum absolute atomic E-state index is 13.8. The lowest BCUT2D eigenvalue weighted by molar-refractivity contribution is -0.118. The molecule has 2 rings (SSSR count). The van der Waals surface area contributed by atoms with Gasteiger partial charge in [-0.15, -0.1) is 11.8 Å². The number of Topliss-reactive ketones (excluding diaryl/α,β-unsaturated/α-hetero) is 1. The lowest BCUT2D eigenvalue weighted by Crippen LogP contribution is -2.27. The Morgan fingerprint density at radius 2 is 2.09 bits per heavy atom. The number of nitrogens with zero attached hydrogens (tertiary/aromatic N) is 1. The Bertz CT molecular complexity index is 692. The molecule has 0 atom stereocenters. The normalized spacial score (nSPS) is 10.3. The van der Waals surface area contributed by atoms with E-state index in [2.05, 4.69) is 10.3 Å². The van der Waals surface area contributed by atoms with Gasteiger partial charge in [-0.2, -0.15) is 0 Å². The molecule has 0 bridgehead atoms. The SMILES string of the molecule is CC(=O)c1ccc(SCC(=O)NCCc2ccccn2)c(F)c1. The van der Waals surface area contributed by atoms with Crippen LogP contribution in [0.15, 0.2) is 47.5 Å². The summed E-state index contributed by atoms with van der Waals surface area (Å²) in [6.45, 7) is 1.87. The topological polar surface area (TPSA) is 59.1 Å². The van der Waals surface area contributed by atoms with Gasteiger partial charge >= 0.3 is 0 Å². The molecule has 1 aromatic carbocycles. The maximum Gasteiger partial charge on any atom is 0.230 e. The van der Waals surface area contributed by atoms with Crippen molar-refractivity contribution in [1.29, 1.82) is 0 Å². The lowest BCUT2D eigenvalue weighted by Gasteiger charge is -2.06. The van der Waals surface area contributed by atoms with Crippen molar-refractivity contribution in [3.63, 3.8) is 0 Å². The molecule has 0 saturated heterocycles. The summed E-state index contributed by atoms with van der Waals surface area (Å²) in [5, 5.41) is 2.77. The van der Waals surface area contributed by atoms with E-state index in [1.54, 1.807) is 12.3 Å². The highest BCUT2D eigenvalue weighted by molar-refractivity contribution is 8.00. The number of halogens is 1. The number of amides is 1. The van der Waals surface area contributed by atoms with E-state index in [1.807, 2.05) is 18.2 Å². The van der Waals surface area contributed by atoms with E-state index in [-0.39, 0.29) is 17.4 Å². The van der Waals surface area contributed by atoms with Crippen LogP contribution in [0.1, 0.15) is 23.0 Å². The van der Waals surface area contributed by atoms with Crippen molar-refractivity contribution in [3.05, 3.63) is 59.7 Å². The van der Waals surface area contributed by atoms with Gasteiger partial charge in [-0.25, -0.2) is 4.39 Å². The van der Waals surface area contributed by atoms with E-state index in [4.69, 9.17) is 0 Å². The number of aromatic nitrogens is 1. The second-order valence-corrected chi connectivity index (χ2v) is 5.93. The average molecular weight is 332 g/mol. The Balaban J connectivity index is 1.77. The second-order valence-electron chi connectivity index (χ2n) is 4.91. The van der Waals surface area contributed by atoms with E-state index in [0.717, 1.165) is 17.5 Å². The second kappa shape index (κ2) is 8.43. The van der Waals surface area contributed by atoms with Gasteiger partial charge in [-0.05, 0) is 31.2 Å². The van der Waals surface area contributed by atoms with Gasteiger partial charge in [0.05, 0.1) is 5.75 Å². The Morgan fingerprint density at radius 3 is 2.74 bits per heavy atom. The van der Waals surface area contributed by atoms with Gasteiger partial charge in [-0.1, -0.05) is 12.1 Å². The van der Waals surface area contributed by atoms with Crippen molar-refractivity contribution in [2.45, 2.75) is 18.2 Å². The van der Waals surface area contributed by atoms with Gasteiger partial charge in [-0.3, -0.25) is 14.6 Å². The smallest absolute Gasteiger partial charge is 0.230 e. The van der Waals surface area contributed by atoms with Crippen LogP contribution in [0, 0.1) is 5.82 Å². The zero-order valence-electron chi connectivity index (χ0n) is 12.7. The molecule has 2 aromatic rings. The first kappa shape index (κ1) is 17.1. The van der Waals surface area contributed by atoms with Crippen molar-refractivity contribution < 1.29 is 14.0 Å². The first-order chi connectivity index (χ1) is 11.1. The average Bonchev–Trinajstić information content (AvgIpc) is 2.54. The molecule has 23 heavy (non-hydrogen) atoms. The predicted molar refractivity (Wildman–Crippen MR) is 88.1 cm³/mol. The summed E-state index contributed by atoms with van der Waals surface area (Å²) < 4.78 is 13.8. The fourth-order valence-electron chi connectivity index (χ4n) is 1.91. The number of nitrogens with one attached hydrogen (secondary N) is 1. The molecule has 4 nitrogen and oxygen atoms in total. The number of carbonyl (C=O) groups excluding carboxylic acids is 2. The Labute approximate surface area is 138 Å². The summed E-state index contributed by atoms with van der Waals surface area (Å²) in [4.78, 5) is 27.5. The standard InChI is InChI=1S/C17H17FN2O2S/c1-12(21)13-5-6-16(15(18)10-13)23-11-17(22)20-9-7-14-4-2-3-8-19-14/h2-6,8,10H,7,9,11H2,1H3,(H,20,22). The minimum Gasteiger partial charge on any atom is -0.355 e. The number of thioether (sulfide) groups is 1. The quantitative estimate of drug-likeness (QED) is 0.626. The molecule has 0 aliphatic carbocycles. The highest BCUT2D eigenvalue weighted by Gasteiger charge is 2.09. The molecule has 0 aliphatic rings. The number of hydrogen-bond donors (Lipinski definition) is 1. The highest BCUT2D eigenvalue weighted by atomic mass is 32.2. The van der Waals surface area contributed by atoms with Crippen molar-refractivity contribution in [3.8, 4) is 0 Å². The Kier molecular flexibility index (Phi) is 6.29. The molecule has 0 radical (unpaired) electrons. The highest BCUT2D eigenvalue weighted by Crippen LogP contribution is 2.22. The van der Waals surface area contributed by atoms with Gasteiger partial charge in [0, 0.05) is 35.3 Å². The fourth-order valence-corrected chi connectivity index (χ4v) is 2.66. The Morgan fingerprint density at radius 1 is 1.26 bits per heavy atom. The molecule has 1 amide bonds. The minimum absolute atomic E-state index is 0.124. The van der Waals surface area contributed by atoms with Gasteiger partial charge < -0.3 is 5.32 Å². The zero-order chi connectivity index (χ0) is 16.7. The Hall–Kier alpha value is -2.21. The van der Waals surface area contributed by atoms with E-state index >= 15 is 0 Å². The number of rotatable bonds is 7. The van der Waals surface area contributed by atoms with Crippen LogP contribution in [-0.2, 0) is 11.2 Å². The molecular weight excluding hydrogens is 315 g/mol. The molecule has 1 N–H and O–H groups in total. The number of benzene rings is 1. The molecule has 0 fully saturated rings. The zero-order valence-corrected chi connectivity index (χ0v) is 13.5. The van der Waals surface area contributed by atoms with Crippen molar-refractivity contribution in [1.82, 2.24) is 10.3 Å². The van der Waals surface area contributed by atoms with Crippen LogP contribution in [0.5, 0.6) is 0 Å². The van der Waals surface area contributed by atoms with Crippen LogP contribution >= 0.6 is 11.8 Å². The summed E-state index contributed by atoms with van der Waals surface area (Å²) in [5.74, 6) is -0.712. The van der Waals surface area contributed by atoms with Gasteiger partial charge in [0.25, 0.3) is 0 Å². The van der Waals surface area contributed by atoms with Gasteiger partial charge in [0.2, 0.25) is 5.91 Å². The molecular formula is C17H17FN2O2S. The minimum atomic E-state index is -0.482. The van der Waals surface area contributed by atoms with E-state index in [0.29, 0.717) is 23.4 Å². The van der Waals surface area contributed by atoms with E-state index in [9.17, 15) is 14.0 Å². The first-order valence-electron chi connectivity index (χ1n) is 7.16. The fraction of sp³-hybridized carbons (Fsp3) is 0.235. The molecule has 0 spiro atoms. The summed E-state index contributed by atoms with van der Waals surface area (Å²) in [5.41, 5.74) is 1.23. The molecule has 0 saturated carbocycles. The van der Waals surface area contributed by atoms with Crippen molar-refractivity contribution in [2.24, 2.45) is 0 Å². The predicted octanol–water partition coefficient (Wildman–Crippen LogP) is 2.87. The van der Waals surface area contributed by atoms with E-state index < -0.39 is 5.82 Å². The molecule has 1 aromatic heterocycles. The third-order valence-electron chi connectivity index (χ3n) is 3.13. The van der Waals surface area contributed by atoms with Crippen LogP contribution in [0.3, 0.4) is 0 Å². The molecule has 1 heterocycles. The monoisotopic (exact) mass is 332 g/mol. The molecule has 6 heteroatoms. The third-order valence-corrected chi connectivity index (χ3v) is 4.18. The van der Waals surface area contributed by atoms with Crippen LogP contribution in [0.4, 0.5) is 4.39 Å².